The smallest absolute Gasteiger partial charge is 0.182 e. The van der Waals surface area contributed by atoms with Gasteiger partial charge in [-0.3, -0.25) is 5.10 Å². The second-order valence-corrected chi connectivity index (χ2v) is 5.24. The van der Waals surface area contributed by atoms with Gasteiger partial charge in [0.15, 0.2) is 5.82 Å². The fraction of sp³-hybridized carbons (Fsp3) is 0.500. The predicted octanol–water partition coefficient (Wildman–Crippen LogP) is 3.50. The van der Waals surface area contributed by atoms with E-state index in [0.717, 1.165) is 11.6 Å². The molecule has 16 heavy (non-hydrogen) atoms. The van der Waals surface area contributed by atoms with Crippen molar-refractivity contribution in [2.24, 2.45) is 0 Å². The number of hydrogen-bond acceptors (Lipinski definition) is 3. The molecule has 1 N–H and O–H groups in total. The monoisotopic (exact) mass is 233 g/mol. The van der Waals surface area contributed by atoms with Crippen LogP contribution in [0.3, 0.4) is 0 Å². The lowest BCUT2D eigenvalue weighted by molar-refractivity contribution is 0.672. The Labute approximate surface area is 98.9 Å². The van der Waals surface area contributed by atoms with Crippen LogP contribution in [-0.4, -0.2) is 15.2 Å². The van der Waals surface area contributed by atoms with Gasteiger partial charge in [0.1, 0.15) is 5.82 Å². The Morgan fingerprint density at radius 1 is 1.31 bits per heavy atom. The Kier molecular flexibility index (Phi) is 2.52. The molecular formula is C12H15N3S. The van der Waals surface area contributed by atoms with Gasteiger partial charge in [-0.2, -0.15) is 16.4 Å². The Hall–Kier alpha value is -1.16. The van der Waals surface area contributed by atoms with Crippen molar-refractivity contribution in [3.8, 4) is 11.4 Å². The molecule has 1 aliphatic carbocycles. The molecule has 2 heterocycles. The average molecular weight is 233 g/mol. The van der Waals surface area contributed by atoms with E-state index in [1.165, 1.54) is 36.8 Å². The summed E-state index contributed by atoms with van der Waals surface area (Å²) in [5.41, 5.74) is 2.44. The molecule has 0 aliphatic heterocycles. The summed E-state index contributed by atoms with van der Waals surface area (Å²) in [7, 11) is 0. The Bertz CT molecular complexity index is 480. The lowest BCUT2D eigenvalue weighted by atomic mass is 10.1. The number of aromatic amines is 1. The molecule has 0 unspecified atom stereocenters. The highest BCUT2D eigenvalue weighted by Crippen LogP contribution is 2.33. The van der Waals surface area contributed by atoms with Gasteiger partial charge < -0.3 is 0 Å². The highest BCUT2D eigenvalue weighted by molar-refractivity contribution is 7.08. The SMILES string of the molecule is Cc1cscc1-c1n[nH]c(C2CCCC2)n1. The van der Waals surface area contributed by atoms with Gasteiger partial charge in [-0.05, 0) is 30.7 Å². The highest BCUT2D eigenvalue weighted by Gasteiger charge is 2.21. The first-order valence-electron chi connectivity index (χ1n) is 5.80. The van der Waals surface area contributed by atoms with Crippen molar-refractivity contribution in [1.82, 2.24) is 15.2 Å². The summed E-state index contributed by atoms with van der Waals surface area (Å²) < 4.78 is 0. The lowest BCUT2D eigenvalue weighted by Gasteiger charge is -2.01. The van der Waals surface area contributed by atoms with Gasteiger partial charge in [-0.15, -0.1) is 0 Å². The minimum Gasteiger partial charge on any atom is -0.262 e. The van der Waals surface area contributed by atoms with Gasteiger partial charge in [-0.1, -0.05) is 12.8 Å². The van der Waals surface area contributed by atoms with Gasteiger partial charge in [-0.25, -0.2) is 4.98 Å². The van der Waals surface area contributed by atoms with E-state index in [-0.39, 0.29) is 0 Å². The summed E-state index contributed by atoms with van der Waals surface area (Å²) in [5, 5.41) is 11.7. The molecule has 0 amide bonds. The van der Waals surface area contributed by atoms with Crippen molar-refractivity contribution in [3.63, 3.8) is 0 Å². The van der Waals surface area contributed by atoms with E-state index in [0.29, 0.717) is 5.92 Å². The van der Waals surface area contributed by atoms with Crippen LogP contribution in [0, 0.1) is 6.92 Å². The van der Waals surface area contributed by atoms with E-state index in [4.69, 9.17) is 0 Å². The molecule has 1 fully saturated rings. The van der Waals surface area contributed by atoms with E-state index >= 15 is 0 Å². The molecule has 3 nitrogen and oxygen atoms in total. The largest absolute Gasteiger partial charge is 0.262 e. The number of nitrogens with one attached hydrogen (secondary N) is 1. The van der Waals surface area contributed by atoms with Crippen molar-refractivity contribution in [2.75, 3.05) is 0 Å². The third-order valence-corrected chi connectivity index (χ3v) is 4.20. The summed E-state index contributed by atoms with van der Waals surface area (Å²) in [6, 6.07) is 0. The number of hydrogen-bond donors (Lipinski definition) is 1. The summed E-state index contributed by atoms with van der Waals surface area (Å²) in [4.78, 5) is 4.64. The highest BCUT2D eigenvalue weighted by atomic mass is 32.1. The topological polar surface area (TPSA) is 41.6 Å². The molecular weight excluding hydrogens is 218 g/mol. The van der Waals surface area contributed by atoms with Crippen molar-refractivity contribution < 1.29 is 0 Å². The maximum absolute atomic E-state index is 4.64. The van der Waals surface area contributed by atoms with E-state index < -0.39 is 0 Å². The maximum atomic E-state index is 4.64. The Morgan fingerprint density at radius 2 is 2.12 bits per heavy atom. The molecule has 84 valence electrons. The third-order valence-electron chi connectivity index (χ3n) is 3.34. The molecule has 2 aromatic heterocycles. The lowest BCUT2D eigenvalue weighted by Crippen LogP contribution is -1.94. The van der Waals surface area contributed by atoms with E-state index in [9.17, 15) is 0 Å². The van der Waals surface area contributed by atoms with E-state index in [1.54, 1.807) is 11.3 Å². The normalized spacial score (nSPS) is 17.1. The number of H-pyrrole nitrogens is 1. The molecule has 0 saturated heterocycles. The average Bonchev–Trinajstić information content (AvgIpc) is 2.96. The van der Waals surface area contributed by atoms with E-state index in [1.807, 2.05) is 0 Å². The summed E-state index contributed by atoms with van der Waals surface area (Å²) in [5.74, 6) is 2.55. The summed E-state index contributed by atoms with van der Waals surface area (Å²) >= 11 is 1.71. The van der Waals surface area contributed by atoms with Crippen LogP contribution in [0.25, 0.3) is 11.4 Å². The fourth-order valence-corrected chi connectivity index (χ4v) is 3.19. The van der Waals surface area contributed by atoms with Gasteiger partial charge >= 0.3 is 0 Å². The van der Waals surface area contributed by atoms with Gasteiger partial charge in [0.05, 0.1) is 0 Å². The van der Waals surface area contributed by atoms with Crippen LogP contribution in [0.4, 0.5) is 0 Å². The Balaban J connectivity index is 1.90. The molecule has 0 aromatic carbocycles. The quantitative estimate of drug-likeness (QED) is 0.862. The number of nitrogens with zero attached hydrogens (tertiary/aromatic N) is 2. The predicted molar refractivity (Wildman–Crippen MR) is 65.6 cm³/mol. The first-order valence-corrected chi connectivity index (χ1v) is 6.74. The Morgan fingerprint density at radius 3 is 2.81 bits per heavy atom. The zero-order valence-corrected chi connectivity index (χ0v) is 10.2. The first-order chi connectivity index (χ1) is 7.84. The van der Waals surface area contributed by atoms with Crippen LogP contribution >= 0.6 is 11.3 Å². The van der Waals surface area contributed by atoms with E-state index in [2.05, 4.69) is 32.9 Å². The molecule has 1 saturated carbocycles. The van der Waals surface area contributed by atoms with Crippen LogP contribution in [0.15, 0.2) is 10.8 Å². The molecule has 1 aliphatic rings. The number of aryl methyl sites for hydroxylation is 1. The first kappa shape index (κ1) is 10.0. The minimum atomic E-state index is 0.611. The van der Waals surface area contributed by atoms with Crippen molar-refractivity contribution in [3.05, 3.63) is 22.1 Å². The summed E-state index contributed by atoms with van der Waals surface area (Å²) in [6.45, 7) is 2.11. The second-order valence-electron chi connectivity index (χ2n) is 4.49. The van der Waals surface area contributed by atoms with Crippen molar-refractivity contribution in [2.45, 2.75) is 38.5 Å². The molecule has 0 spiro atoms. The van der Waals surface area contributed by atoms with Gasteiger partial charge in [0.25, 0.3) is 0 Å². The molecule has 0 atom stereocenters. The van der Waals surface area contributed by atoms with Crippen LogP contribution in [-0.2, 0) is 0 Å². The number of rotatable bonds is 2. The number of aromatic nitrogens is 3. The molecule has 4 heteroatoms. The van der Waals surface area contributed by atoms with Gasteiger partial charge in [0, 0.05) is 16.9 Å². The minimum absolute atomic E-state index is 0.611. The standard InChI is InChI=1S/C12H15N3S/c1-8-6-16-7-10(8)12-13-11(14-15-12)9-4-2-3-5-9/h6-7,9H,2-5H2,1H3,(H,13,14,15). The van der Waals surface area contributed by atoms with Crippen LogP contribution < -0.4 is 0 Å². The molecule has 0 bridgehead atoms. The van der Waals surface area contributed by atoms with Crippen molar-refractivity contribution in [1.29, 1.82) is 0 Å². The maximum Gasteiger partial charge on any atom is 0.182 e. The zero-order chi connectivity index (χ0) is 11.0. The zero-order valence-electron chi connectivity index (χ0n) is 9.36. The fourth-order valence-electron chi connectivity index (χ4n) is 2.37. The molecule has 0 radical (unpaired) electrons. The molecule has 3 rings (SSSR count). The third kappa shape index (κ3) is 1.67. The summed E-state index contributed by atoms with van der Waals surface area (Å²) in [6.07, 6.45) is 5.19. The molecule has 2 aromatic rings. The number of thiophene rings is 1. The second kappa shape index (κ2) is 4.01. The van der Waals surface area contributed by atoms with Crippen LogP contribution in [0.5, 0.6) is 0 Å². The van der Waals surface area contributed by atoms with Gasteiger partial charge in [0.2, 0.25) is 0 Å². The van der Waals surface area contributed by atoms with Crippen molar-refractivity contribution >= 4 is 11.3 Å². The van der Waals surface area contributed by atoms with Crippen LogP contribution in [0.2, 0.25) is 0 Å². The van der Waals surface area contributed by atoms with Crippen LogP contribution in [0.1, 0.15) is 43.0 Å².